The first kappa shape index (κ1) is 17.5. The van der Waals surface area contributed by atoms with E-state index in [-0.39, 0.29) is 11.4 Å². The molecule has 0 unspecified atom stereocenters. The smallest absolute Gasteiger partial charge is 0.251 e. The lowest BCUT2D eigenvalue weighted by molar-refractivity contribution is 0.0953. The van der Waals surface area contributed by atoms with E-state index in [1.165, 1.54) is 0 Å². The molecule has 0 radical (unpaired) electrons. The lowest BCUT2D eigenvalue weighted by Gasteiger charge is -2.20. The monoisotopic (exact) mass is 291 g/mol. The standard InChI is InChI=1S/C17H29N3O/c1-6-13-20(5)15-9-7-14(8-10-15)16(21)18-11-12-19-17(2,3)4/h7-10,19H,6,11-13H2,1-5H3,(H,18,21). The molecular formula is C17H29N3O. The van der Waals surface area contributed by atoms with E-state index in [0.29, 0.717) is 12.1 Å². The largest absolute Gasteiger partial charge is 0.375 e. The fourth-order valence-corrected chi connectivity index (χ4v) is 2.05. The van der Waals surface area contributed by atoms with E-state index in [1.54, 1.807) is 0 Å². The second-order valence-electron chi connectivity index (χ2n) is 6.40. The molecule has 0 bridgehead atoms. The van der Waals surface area contributed by atoms with E-state index >= 15 is 0 Å². The number of hydrogen-bond donors (Lipinski definition) is 2. The number of carbonyl (C=O) groups is 1. The molecule has 21 heavy (non-hydrogen) atoms. The van der Waals surface area contributed by atoms with Crippen LogP contribution in [0.15, 0.2) is 24.3 Å². The molecule has 0 atom stereocenters. The van der Waals surface area contributed by atoms with Crippen molar-refractivity contribution < 1.29 is 4.79 Å². The molecule has 1 aromatic rings. The summed E-state index contributed by atoms with van der Waals surface area (Å²) in [7, 11) is 2.07. The Morgan fingerprint density at radius 3 is 2.29 bits per heavy atom. The summed E-state index contributed by atoms with van der Waals surface area (Å²) in [5.41, 5.74) is 1.93. The number of amides is 1. The first-order valence-electron chi connectivity index (χ1n) is 7.68. The van der Waals surface area contributed by atoms with E-state index in [0.717, 1.165) is 25.2 Å². The summed E-state index contributed by atoms with van der Waals surface area (Å²) in [6.45, 7) is 10.9. The van der Waals surface area contributed by atoms with Crippen molar-refractivity contribution in [1.29, 1.82) is 0 Å². The van der Waals surface area contributed by atoms with Crippen molar-refractivity contribution in [3.63, 3.8) is 0 Å². The molecule has 0 fully saturated rings. The summed E-state index contributed by atoms with van der Waals surface area (Å²) < 4.78 is 0. The lowest BCUT2D eigenvalue weighted by Crippen LogP contribution is -2.41. The van der Waals surface area contributed by atoms with Gasteiger partial charge in [-0.05, 0) is 51.5 Å². The molecular weight excluding hydrogens is 262 g/mol. The molecule has 0 aliphatic heterocycles. The van der Waals surface area contributed by atoms with Crippen LogP contribution < -0.4 is 15.5 Å². The molecule has 0 aliphatic rings. The highest BCUT2D eigenvalue weighted by molar-refractivity contribution is 5.94. The molecule has 4 heteroatoms. The molecule has 0 spiro atoms. The zero-order chi connectivity index (χ0) is 15.9. The van der Waals surface area contributed by atoms with Gasteiger partial charge in [-0.25, -0.2) is 0 Å². The SMILES string of the molecule is CCCN(C)c1ccc(C(=O)NCCNC(C)(C)C)cc1. The summed E-state index contributed by atoms with van der Waals surface area (Å²) in [5, 5.41) is 6.28. The Morgan fingerprint density at radius 2 is 1.76 bits per heavy atom. The van der Waals surface area contributed by atoms with Crippen LogP contribution in [-0.2, 0) is 0 Å². The van der Waals surface area contributed by atoms with Gasteiger partial charge in [0.15, 0.2) is 0 Å². The van der Waals surface area contributed by atoms with Gasteiger partial charge >= 0.3 is 0 Å². The Kier molecular flexibility index (Phi) is 6.69. The Hall–Kier alpha value is -1.55. The predicted molar refractivity (Wildman–Crippen MR) is 90.1 cm³/mol. The Labute approximate surface area is 128 Å². The third kappa shape index (κ3) is 6.63. The molecule has 0 aromatic heterocycles. The molecule has 0 saturated heterocycles. The van der Waals surface area contributed by atoms with Gasteiger partial charge in [0.25, 0.3) is 5.91 Å². The number of nitrogens with one attached hydrogen (secondary N) is 2. The zero-order valence-corrected chi connectivity index (χ0v) is 14.0. The van der Waals surface area contributed by atoms with Crippen LogP contribution in [0.5, 0.6) is 0 Å². The maximum absolute atomic E-state index is 12.0. The minimum absolute atomic E-state index is 0.0181. The number of nitrogens with zero attached hydrogens (tertiary/aromatic N) is 1. The van der Waals surface area contributed by atoms with Gasteiger partial charge in [-0.15, -0.1) is 0 Å². The summed E-state index contributed by atoms with van der Waals surface area (Å²) >= 11 is 0. The minimum Gasteiger partial charge on any atom is -0.375 e. The maximum atomic E-state index is 12.0. The van der Waals surface area contributed by atoms with Crippen LogP contribution in [0.4, 0.5) is 5.69 Å². The second-order valence-corrected chi connectivity index (χ2v) is 6.40. The second kappa shape index (κ2) is 8.03. The molecule has 118 valence electrons. The van der Waals surface area contributed by atoms with E-state index < -0.39 is 0 Å². The molecule has 1 rings (SSSR count). The fourth-order valence-electron chi connectivity index (χ4n) is 2.05. The lowest BCUT2D eigenvalue weighted by atomic mass is 10.1. The van der Waals surface area contributed by atoms with Gasteiger partial charge in [0.1, 0.15) is 0 Å². The third-order valence-corrected chi connectivity index (χ3v) is 3.20. The molecule has 1 aromatic carbocycles. The quantitative estimate of drug-likeness (QED) is 0.759. The van der Waals surface area contributed by atoms with Crippen LogP contribution in [0.25, 0.3) is 0 Å². The third-order valence-electron chi connectivity index (χ3n) is 3.20. The van der Waals surface area contributed by atoms with Crippen molar-refractivity contribution in [2.75, 3.05) is 31.6 Å². The molecule has 0 saturated carbocycles. The van der Waals surface area contributed by atoms with Gasteiger partial charge in [0.05, 0.1) is 0 Å². The van der Waals surface area contributed by atoms with E-state index in [4.69, 9.17) is 0 Å². The Balaban J connectivity index is 2.44. The van der Waals surface area contributed by atoms with E-state index in [2.05, 4.69) is 50.3 Å². The van der Waals surface area contributed by atoms with Gasteiger partial charge in [-0.3, -0.25) is 4.79 Å². The number of benzene rings is 1. The van der Waals surface area contributed by atoms with Crippen LogP contribution in [0.2, 0.25) is 0 Å². The van der Waals surface area contributed by atoms with Gasteiger partial charge in [-0.2, -0.15) is 0 Å². The van der Waals surface area contributed by atoms with Crippen LogP contribution in [-0.4, -0.2) is 38.1 Å². The van der Waals surface area contributed by atoms with Crippen LogP contribution >= 0.6 is 0 Å². The van der Waals surface area contributed by atoms with Gasteiger partial charge in [-0.1, -0.05) is 6.92 Å². The van der Waals surface area contributed by atoms with Crippen LogP contribution in [0.3, 0.4) is 0 Å². The summed E-state index contributed by atoms with van der Waals surface area (Å²) in [4.78, 5) is 14.2. The van der Waals surface area contributed by atoms with Gasteiger partial charge in [0, 0.05) is 43.5 Å². The zero-order valence-electron chi connectivity index (χ0n) is 14.0. The topological polar surface area (TPSA) is 44.4 Å². The molecule has 2 N–H and O–H groups in total. The highest BCUT2D eigenvalue weighted by Crippen LogP contribution is 2.14. The molecule has 0 aliphatic carbocycles. The average Bonchev–Trinajstić information content (AvgIpc) is 2.43. The highest BCUT2D eigenvalue weighted by Gasteiger charge is 2.09. The first-order chi connectivity index (χ1) is 9.83. The predicted octanol–water partition coefficient (Wildman–Crippen LogP) is 2.65. The summed E-state index contributed by atoms with van der Waals surface area (Å²) in [6.07, 6.45) is 1.11. The van der Waals surface area contributed by atoms with Crippen molar-refractivity contribution in [3.8, 4) is 0 Å². The number of rotatable bonds is 7. The number of carbonyl (C=O) groups excluding carboxylic acids is 1. The summed E-state index contributed by atoms with van der Waals surface area (Å²) in [6, 6.07) is 7.76. The molecule has 4 nitrogen and oxygen atoms in total. The molecule has 1 amide bonds. The minimum atomic E-state index is -0.0181. The van der Waals surface area contributed by atoms with Gasteiger partial charge in [0.2, 0.25) is 0 Å². The summed E-state index contributed by atoms with van der Waals surface area (Å²) in [5.74, 6) is -0.0181. The number of hydrogen-bond acceptors (Lipinski definition) is 3. The van der Waals surface area contributed by atoms with Crippen LogP contribution in [0, 0.1) is 0 Å². The highest BCUT2D eigenvalue weighted by atomic mass is 16.1. The van der Waals surface area contributed by atoms with Crippen molar-refractivity contribution in [2.45, 2.75) is 39.7 Å². The maximum Gasteiger partial charge on any atom is 0.251 e. The normalized spacial score (nSPS) is 11.3. The van der Waals surface area contributed by atoms with Crippen LogP contribution in [0.1, 0.15) is 44.5 Å². The Bertz CT molecular complexity index is 434. The van der Waals surface area contributed by atoms with Crippen molar-refractivity contribution in [2.24, 2.45) is 0 Å². The van der Waals surface area contributed by atoms with Crippen molar-refractivity contribution in [1.82, 2.24) is 10.6 Å². The fraction of sp³-hybridized carbons (Fsp3) is 0.588. The van der Waals surface area contributed by atoms with E-state index in [9.17, 15) is 4.79 Å². The Morgan fingerprint density at radius 1 is 1.14 bits per heavy atom. The van der Waals surface area contributed by atoms with Gasteiger partial charge < -0.3 is 15.5 Å². The number of anilines is 1. The first-order valence-corrected chi connectivity index (χ1v) is 7.68. The van der Waals surface area contributed by atoms with Crippen molar-refractivity contribution in [3.05, 3.63) is 29.8 Å². The van der Waals surface area contributed by atoms with Crippen molar-refractivity contribution >= 4 is 11.6 Å². The van der Waals surface area contributed by atoms with E-state index in [1.807, 2.05) is 24.3 Å². The molecule has 0 heterocycles. The average molecular weight is 291 g/mol.